The van der Waals surface area contributed by atoms with Crippen molar-refractivity contribution in [2.45, 2.75) is 53.4 Å². The summed E-state index contributed by atoms with van der Waals surface area (Å²) >= 11 is 0. The second kappa shape index (κ2) is 2.27. The van der Waals surface area contributed by atoms with Crippen molar-refractivity contribution >= 4 is 0 Å². The second-order valence-electron chi connectivity index (χ2n) is 6.04. The highest BCUT2D eigenvalue weighted by Gasteiger charge is 2.61. The molecule has 0 aliphatic heterocycles. The first-order valence-electron chi connectivity index (χ1n) is 5.47. The van der Waals surface area contributed by atoms with Gasteiger partial charge in [0.05, 0.1) is 0 Å². The third kappa shape index (κ3) is 1.03. The van der Waals surface area contributed by atoms with E-state index in [1.54, 1.807) is 0 Å². The molecule has 0 heterocycles. The molecule has 0 saturated heterocycles. The Balaban J connectivity index is 2.05. The zero-order valence-electron chi connectivity index (χ0n) is 8.98. The van der Waals surface area contributed by atoms with Gasteiger partial charge in [-0.25, -0.2) is 0 Å². The lowest BCUT2D eigenvalue weighted by Gasteiger charge is -2.34. The van der Waals surface area contributed by atoms with Crippen LogP contribution in [0.1, 0.15) is 53.4 Å². The van der Waals surface area contributed by atoms with E-state index in [4.69, 9.17) is 0 Å². The van der Waals surface area contributed by atoms with Crippen LogP contribution in [0.5, 0.6) is 0 Å². The molecule has 0 radical (unpaired) electrons. The highest BCUT2D eigenvalue weighted by molar-refractivity contribution is 5.11. The molecule has 2 aliphatic rings. The smallest absolute Gasteiger partial charge is 0.0238 e. The molecule has 0 amide bonds. The summed E-state index contributed by atoms with van der Waals surface area (Å²) in [5.74, 6) is 1.95. The van der Waals surface area contributed by atoms with Gasteiger partial charge in [0.25, 0.3) is 0 Å². The van der Waals surface area contributed by atoms with Gasteiger partial charge in [-0.15, -0.1) is 0 Å². The summed E-state index contributed by atoms with van der Waals surface area (Å²) in [4.78, 5) is 0. The molecule has 2 aliphatic carbocycles. The molecule has 0 N–H and O–H groups in total. The lowest BCUT2D eigenvalue weighted by atomic mass is 9.71. The van der Waals surface area contributed by atoms with E-state index in [1.165, 1.54) is 25.7 Å². The van der Waals surface area contributed by atoms with Crippen LogP contribution in [-0.4, -0.2) is 0 Å². The largest absolute Gasteiger partial charge is 0.0623 e. The molecule has 0 aromatic carbocycles. The average Bonchev–Trinajstić information content (AvgIpc) is 2.46. The van der Waals surface area contributed by atoms with Crippen LogP contribution in [-0.2, 0) is 0 Å². The molecule has 0 nitrogen and oxygen atoms in total. The van der Waals surface area contributed by atoms with Gasteiger partial charge in [-0.05, 0) is 48.3 Å². The van der Waals surface area contributed by atoms with Crippen LogP contribution in [0.25, 0.3) is 0 Å². The second-order valence-corrected chi connectivity index (χ2v) is 6.04. The fourth-order valence-corrected chi connectivity index (χ4v) is 3.29. The molecule has 1 spiro atoms. The van der Waals surface area contributed by atoms with Crippen LogP contribution in [0.3, 0.4) is 0 Å². The molecule has 0 aromatic heterocycles. The minimum absolute atomic E-state index is 0.682. The molecule has 70 valence electrons. The Labute approximate surface area is 76.7 Å². The van der Waals surface area contributed by atoms with Crippen LogP contribution < -0.4 is 0 Å². The fraction of sp³-hybridized carbons (Fsp3) is 1.00. The minimum Gasteiger partial charge on any atom is -0.0623 e. The summed E-state index contributed by atoms with van der Waals surface area (Å²) in [6.07, 6.45) is 5.98. The molecule has 0 aromatic rings. The lowest BCUT2D eigenvalue weighted by Crippen LogP contribution is -2.24. The van der Waals surface area contributed by atoms with Crippen LogP contribution in [0.4, 0.5) is 0 Å². The van der Waals surface area contributed by atoms with Crippen molar-refractivity contribution in [3.05, 3.63) is 0 Å². The van der Waals surface area contributed by atoms with Crippen molar-refractivity contribution < 1.29 is 0 Å². The van der Waals surface area contributed by atoms with E-state index < -0.39 is 0 Å². The monoisotopic (exact) mass is 166 g/mol. The van der Waals surface area contributed by atoms with E-state index in [0.29, 0.717) is 5.41 Å². The maximum atomic E-state index is 2.45. The van der Waals surface area contributed by atoms with Crippen molar-refractivity contribution in [1.82, 2.24) is 0 Å². The third-order valence-corrected chi connectivity index (χ3v) is 4.85. The van der Waals surface area contributed by atoms with E-state index in [0.717, 1.165) is 17.3 Å². The molecular formula is C12H22. The normalized spacial score (nSPS) is 51.0. The van der Waals surface area contributed by atoms with E-state index in [2.05, 4.69) is 27.7 Å². The third-order valence-electron chi connectivity index (χ3n) is 4.85. The lowest BCUT2D eigenvalue weighted by molar-refractivity contribution is 0.161. The maximum Gasteiger partial charge on any atom is -0.0238 e. The minimum atomic E-state index is 0.682. The topological polar surface area (TPSA) is 0 Å². The molecule has 3 atom stereocenters. The zero-order valence-corrected chi connectivity index (χ0v) is 8.98. The van der Waals surface area contributed by atoms with Crippen molar-refractivity contribution in [3.8, 4) is 0 Å². The summed E-state index contributed by atoms with van der Waals surface area (Å²) in [5, 5.41) is 0. The van der Waals surface area contributed by atoms with Crippen LogP contribution in [0.15, 0.2) is 0 Å². The highest BCUT2D eigenvalue weighted by atomic mass is 14.7. The van der Waals surface area contributed by atoms with Crippen molar-refractivity contribution in [2.75, 3.05) is 0 Å². The summed E-state index contributed by atoms with van der Waals surface area (Å²) in [6, 6.07) is 0. The van der Waals surface area contributed by atoms with Gasteiger partial charge < -0.3 is 0 Å². The molecular weight excluding hydrogens is 144 g/mol. The van der Waals surface area contributed by atoms with Crippen LogP contribution in [0.2, 0.25) is 0 Å². The zero-order chi connectivity index (χ0) is 8.98. The van der Waals surface area contributed by atoms with Crippen LogP contribution >= 0.6 is 0 Å². The molecule has 0 bridgehead atoms. The first-order valence-corrected chi connectivity index (χ1v) is 5.47. The summed E-state index contributed by atoms with van der Waals surface area (Å²) in [5.41, 5.74) is 1.46. The number of rotatable bonds is 0. The van der Waals surface area contributed by atoms with Crippen molar-refractivity contribution in [2.24, 2.45) is 22.7 Å². The highest BCUT2D eigenvalue weighted by Crippen LogP contribution is 2.71. The molecule has 2 rings (SSSR count). The van der Waals surface area contributed by atoms with E-state index in [9.17, 15) is 0 Å². The number of hydrogen-bond acceptors (Lipinski definition) is 0. The van der Waals surface area contributed by atoms with Gasteiger partial charge in [0, 0.05) is 0 Å². The molecule has 12 heavy (non-hydrogen) atoms. The maximum absolute atomic E-state index is 2.45. The molecule has 3 unspecified atom stereocenters. The Bertz CT molecular complexity index is 192. The van der Waals surface area contributed by atoms with Crippen molar-refractivity contribution in [3.63, 3.8) is 0 Å². The Morgan fingerprint density at radius 3 is 2.08 bits per heavy atom. The quantitative estimate of drug-likeness (QED) is 0.512. The molecule has 0 heteroatoms. The van der Waals surface area contributed by atoms with E-state index >= 15 is 0 Å². The summed E-state index contributed by atoms with van der Waals surface area (Å²) in [7, 11) is 0. The SMILES string of the molecule is CC1CCC2(CC1C)CC2(C)C. The van der Waals surface area contributed by atoms with E-state index in [1.807, 2.05) is 0 Å². The molecule has 2 saturated carbocycles. The Morgan fingerprint density at radius 2 is 1.67 bits per heavy atom. The van der Waals surface area contributed by atoms with Gasteiger partial charge in [-0.3, -0.25) is 0 Å². The first-order chi connectivity index (χ1) is 5.47. The van der Waals surface area contributed by atoms with E-state index in [-0.39, 0.29) is 0 Å². The predicted octanol–water partition coefficient (Wildman–Crippen LogP) is 3.86. The average molecular weight is 166 g/mol. The predicted molar refractivity (Wildman–Crippen MR) is 53.0 cm³/mol. The van der Waals surface area contributed by atoms with Crippen molar-refractivity contribution in [1.29, 1.82) is 0 Å². The first kappa shape index (κ1) is 8.59. The van der Waals surface area contributed by atoms with Crippen LogP contribution in [0, 0.1) is 22.7 Å². The Morgan fingerprint density at radius 1 is 1.08 bits per heavy atom. The number of hydrogen-bond donors (Lipinski definition) is 0. The molecule has 2 fully saturated rings. The van der Waals surface area contributed by atoms with Gasteiger partial charge >= 0.3 is 0 Å². The standard InChI is InChI=1S/C12H22/c1-9-5-6-12(7-10(9)2)8-11(12,3)4/h9-10H,5-8H2,1-4H3. The van der Waals surface area contributed by atoms with Gasteiger partial charge in [0.15, 0.2) is 0 Å². The fourth-order valence-electron chi connectivity index (χ4n) is 3.29. The van der Waals surface area contributed by atoms with Gasteiger partial charge in [0.2, 0.25) is 0 Å². The summed E-state index contributed by atoms with van der Waals surface area (Å²) < 4.78 is 0. The summed E-state index contributed by atoms with van der Waals surface area (Å²) in [6.45, 7) is 9.78. The Hall–Kier alpha value is 0. The Kier molecular flexibility index (Phi) is 1.63. The van der Waals surface area contributed by atoms with Gasteiger partial charge in [0.1, 0.15) is 0 Å². The van der Waals surface area contributed by atoms with Gasteiger partial charge in [-0.1, -0.05) is 27.7 Å². The van der Waals surface area contributed by atoms with Gasteiger partial charge in [-0.2, -0.15) is 0 Å².